The minimum Gasteiger partial charge on any atom is -0.378 e. The third-order valence-corrected chi connectivity index (χ3v) is 5.78. The van der Waals surface area contributed by atoms with Crippen LogP contribution in [0, 0.1) is 11.8 Å². The quantitative estimate of drug-likeness (QED) is 0.610. The second kappa shape index (κ2) is 8.05. The zero-order valence-corrected chi connectivity index (χ0v) is 15.7. The molecule has 3 N–H and O–H groups in total. The molecule has 146 valence electrons. The van der Waals surface area contributed by atoms with Crippen molar-refractivity contribution in [1.82, 2.24) is 4.90 Å². The number of anilines is 1. The van der Waals surface area contributed by atoms with Crippen molar-refractivity contribution in [3.63, 3.8) is 0 Å². The maximum atomic E-state index is 14.4. The number of likely N-dealkylation sites (tertiary alicyclic amines) is 1. The van der Waals surface area contributed by atoms with E-state index in [0.717, 1.165) is 6.54 Å². The van der Waals surface area contributed by atoms with Gasteiger partial charge in [-0.05, 0) is 30.5 Å². The number of alkyl halides is 4. The SMILES string of the molecule is CN1CCC(Nc2cccc3c(CC(F)(F)F)c(C#CCN)sc23)[C@@H](F)C1. The first kappa shape index (κ1) is 19.9. The van der Waals surface area contributed by atoms with Crippen molar-refractivity contribution < 1.29 is 17.6 Å². The van der Waals surface area contributed by atoms with Gasteiger partial charge < -0.3 is 16.0 Å². The number of thiophene rings is 1. The number of nitrogens with one attached hydrogen (secondary N) is 1. The molecule has 1 aromatic carbocycles. The van der Waals surface area contributed by atoms with Crippen LogP contribution in [0.5, 0.6) is 0 Å². The van der Waals surface area contributed by atoms with E-state index >= 15 is 0 Å². The van der Waals surface area contributed by atoms with E-state index in [1.54, 1.807) is 18.2 Å². The van der Waals surface area contributed by atoms with E-state index < -0.39 is 18.8 Å². The average Bonchev–Trinajstić information content (AvgIpc) is 2.92. The molecule has 27 heavy (non-hydrogen) atoms. The number of hydrogen-bond acceptors (Lipinski definition) is 4. The van der Waals surface area contributed by atoms with Crippen molar-refractivity contribution in [2.45, 2.75) is 31.2 Å². The van der Waals surface area contributed by atoms with Gasteiger partial charge in [0.15, 0.2) is 0 Å². The second-order valence-corrected chi connectivity index (χ2v) is 7.73. The maximum Gasteiger partial charge on any atom is 0.393 e. The summed E-state index contributed by atoms with van der Waals surface area (Å²) in [5.41, 5.74) is 6.19. The topological polar surface area (TPSA) is 41.3 Å². The van der Waals surface area contributed by atoms with E-state index in [-0.39, 0.29) is 18.2 Å². The monoisotopic (exact) mass is 399 g/mol. The van der Waals surface area contributed by atoms with Gasteiger partial charge in [0.2, 0.25) is 0 Å². The predicted octanol–water partition coefficient (Wildman–Crippen LogP) is 3.77. The second-order valence-electron chi connectivity index (χ2n) is 6.71. The molecule has 1 saturated heterocycles. The molecule has 0 saturated carbocycles. The molecule has 1 aromatic heterocycles. The predicted molar refractivity (Wildman–Crippen MR) is 102 cm³/mol. The van der Waals surface area contributed by atoms with Gasteiger partial charge >= 0.3 is 6.18 Å². The van der Waals surface area contributed by atoms with E-state index in [4.69, 9.17) is 5.73 Å². The van der Waals surface area contributed by atoms with E-state index in [1.165, 1.54) is 11.3 Å². The highest BCUT2D eigenvalue weighted by atomic mass is 32.1. The summed E-state index contributed by atoms with van der Waals surface area (Å²) < 4.78 is 54.3. The molecular formula is C19H21F4N3S. The molecule has 1 aliphatic rings. The highest BCUT2D eigenvalue weighted by Crippen LogP contribution is 2.39. The lowest BCUT2D eigenvalue weighted by Gasteiger charge is -2.33. The molecular weight excluding hydrogens is 378 g/mol. The molecule has 2 atom stereocenters. The zero-order chi connectivity index (χ0) is 19.6. The van der Waals surface area contributed by atoms with Crippen LogP contribution >= 0.6 is 11.3 Å². The molecule has 0 aliphatic carbocycles. The van der Waals surface area contributed by atoms with Crippen molar-refractivity contribution in [2.24, 2.45) is 5.73 Å². The van der Waals surface area contributed by atoms with Gasteiger partial charge in [0.25, 0.3) is 0 Å². The van der Waals surface area contributed by atoms with Crippen LogP contribution < -0.4 is 11.1 Å². The first-order chi connectivity index (χ1) is 12.8. The number of halogens is 4. The largest absolute Gasteiger partial charge is 0.393 e. The lowest BCUT2D eigenvalue weighted by molar-refractivity contribution is -0.126. The van der Waals surface area contributed by atoms with Crippen LogP contribution in [-0.4, -0.2) is 50.0 Å². The first-order valence-corrected chi connectivity index (χ1v) is 9.49. The molecule has 3 rings (SSSR count). The molecule has 2 heterocycles. The van der Waals surface area contributed by atoms with Gasteiger partial charge in [-0.2, -0.15) is 13.2 Å². The van der Waals surface area contributed by atoms with Crippen LogP contribution in [-0.2, 0) is 6.42 Å². The summed E-state index contributed by atoms with van der Waals surface area (Å²) in [7, 11) is 1.87. The molecule has 1 fully saturated rings. The molecule has 0 amide bonds. The number of benzene rings is 1. The Balaban J connectivity index is 2.00. The summed E-state index contributed by atoms with van der Waals surface area (Å²) in [6.45, 7) is 1.18. The van der Waals surface area contributed by atoms with Crippen LogP contribution in [0.4, 0.5) is 23.2 Å². The van der Waals surface area contributed by atoms with Crippen molar-refractivity contribution >= 4 is 27.1 Å². The van der Waals surface area contributed by atoms with Crippen molar-refractivity contribution in [3.05, 3.63) is 28.6 Å². The van der Waals surface area contributed by atoms with Crippen molar-refractivity contribution in [2.75, 3.05) is 32.0 Å². The highest BCUT2D eigenvalue weighted by Gasteiger charge is 2.32. The summed E-state index contributed by atoms with van der Waals surface area (Å²) in [4.78, 5) is 2.29. The van der Waals surface area contributed by atoms with Gasteiger partial charge in [-0.1, -0.05) is 24.0 Å². The Labute approximate surface area is 159 Å². The Morgan fingerprint density at radius 3 is 2.81 bits per heavy atom. The molecule has 0 radical (unpaired) electrons. The maximum absolute atomic E-state index is 14.4. The van der Waals surface area contributed by atoms with Gasteiger partial charge in [0.05, 0.1) is 34.3 Å². The van der Waals surface area contributed by atoms with Crippen LogP contribution in [0.1, 0.15) is 16.9 Å². The van der Waals surface area contributed by atoms with Crippen molar-refractivity contribution in [3.8, 4) is 11.8 Å². The van der Waals surface area contributed by atoms with Gasteiger partial charge in [0.1, 0.15) is 6.17 Å². The third kappa shape index (κ3) is 4.72. The first-order valence-electron chi connectivity index (χ1n) is 8.67. The van der Waals surface area contributed by atoms with Gasteiger partial charge in [0, 0.05) is 13.1 Å². The van der Waals surface area contributed by atoms with Crippen LogP contribution in [0.15, 0.2) is 18.2 Å². The van der Waals surface area contributed by atoms with Gasteiger partial charge in [-0.25, -0.2) is 4.39 Å². The van der Waals surface area contributed by atoms with E-state index in [2.05, 4.69) is 17.2 Å². The molecule has 1 aliphatic heterocycles. The lowest BCUT2D eigenvalue weighted by atomic mass is 10.0. The molecule has 8 heteroatoms. The fourth-order valence-electron chi connectivity index (χ4n) is 3.31. The Kier molecular flexibility index (Phi) is 5.94. The number of fused-ring (bicyclic) bond motifs is 1. The number of rotatable bonds is 3. The van der Waals surface area contributed by atoms with Crippen LogP contribution in [0.25, 0.3) is 10.1 Å². The highest BCUT2D eigenvalue weighted by molar-refractivity contribution is 7.20. The molecule has 3 nitrogen and oxygen atoms in total. The molecule has 2 aromatic rings. The van der Waals surface area contributed by atoms with Crippen LogP contribution in [0.2, 0.25) is 0 Å². The van der Waals surface area contributed by atoms with Crippen LogP contribution in [0.3, 0.4) is 0 Å². The summed E-state index contributed by atoms with van der Waals surface area (Å²) in [5.74, 6) is 5.40. The molecule has 1 unspecified atom stereocenters. The summed E-state index contributed by atoms with van der Waals surface area (Å²) >= 11 is 1.20. The molecule has 0 spiro atoms. The van der Waals surface area contributed by atoms with Crippen molar-refractivity contribution in [1.29, 1.82) is 0 Å². The Morgan fingerprint density at radius 2 is 2.15 bits per heavy atom. The number of piperidine rings is 1. The lowest BCUT2D eigenvalue weighted by Crippen LogP contribution is -2.46. The normalized spacial score (nSPS) is 21.1. The summed E-state index contributed by atoms with van der Waals surface area (Å²) in [6, 6.07) is 4.77. The standard InChI is InChI=1S/C19H21F4N3S/c1-26-9-7-15(14(20)11-26)25-16-5-2-4-12-13(10-19(21,22)23)17(6-3-8-24)27-18(12)16/h2,4-5,14-15,25H,7-11,24H2,1H3/t14-,15?/m0/s1. The minimum absolute atomic E-state index is 0.0733. The Hall–Kier alpha value is -1.82. The average molecular weight is 399 g/mol. The number of nitrogens with zero attached hydrogens (tertiary/aromatic N) is 1. The van der Waals surface area contributed by atoms with E-state index in [1.807, 2.05) is 11.9 Å². The van der Waals surface area contributed by atoms with E-state index in [0.29, 0.717) is 33.6 Å². The fraction of sp³-hybridized carbons (Fsp3) is 0.474. The Morgan fingerprint density at radius 1 is 1.37 bits per heavy atom. The third-order valence-electron chi connectivity index (χ3n) is 4.58. The summed E-state index contributed by atoms with van der Waals surface area (Å²) in [5, 5.41) is 3.71. The minimum atomic E-state index is -4.34. The fourth-order valence-corrected chi connectivity index (χ4v) is 4.48. The number of nitrogens with two attached hydrogens (primary N) is 1. The Bertz CT molecular complexity index is 865. The van der Waals surface area contributed by atoms with Gasteiger partial charge in [-0.15, -0.1) is 11.3 Å². The number of hydrogen-bond donors (Lipinski definition) is 2. The molecule has 0 bridgehead atoms. The zero-order valence-electron chi connectivity index (χ0n) is 14.9. The van der Waals surface area contributed by atoms with E-state index in [9.17, 15) is 17.6 Å². The summed E-state index contributed by atoms with van der Waals surface area (Å²) in [6.07, 6.45) is -5.79. The van der Waals surface area contributed by atoms with Gasteiger partial charge in [-0.3, -0.25) is 0 Å². The smallest absolute Gasteiger partial charge is 0.378 e.